The Labute approximate surface area is 119 Å². The summed E-state index contributed by atoms with van der Waals surface area (Å²) in [7, 11) is 0. The van der Waals surface area contributed by atoms with Crippen molar-refractivity contribution in [3.05, 3.63) is 41.8 Å². The molecular formula is C17H21FN2. The van der Waals surface area contributed by atoms with Crippen LogP contribution in [0.2, 0.25) is 0 Å². The molecule has 0 aliphatic heterocycles. The van der Waals surface area contributed by atoms with E-state index in [-0.39, 0.29) is 11.9 Å². The van der Waals surface area contributed by atoms with Crippen molar-refractivity contribution in [2.45, 2.75) is 44.6 Å². The van der Waals surface area contributed by atoms with Gasteiger partial charge in [-0.05, 0) is 74.3 Å². The van der Waals surface area contributed by atoms with Gasteiger partial charge in [-0.15, -0.1) is 0 Å². The summed E-state index contributed by atoms with van der Waals surface area (Å²) in [5.74, 6) is 0.962. The van der Waals surface area contributed by atoms with Gasteiger partial charge >= 0.3 is 0 Å². The molecule has 1 fully saturated rings. The second kappa shape index (κ2) is 5.49. The molecule has 106 valence electrons. The van der Waals surface area contributed by atoms with E-state index in [0.29, 0.717) is 11.8 Å². The third-order valence-corrected chi connectivity index (χ3v) is 4.69. The Morgan fingerprint density at radius 3 is 2.65 bits per heavy atom. The van der Waals surface area contributed by atoms with Gasteiger partial charge in [0, 0.05) is 17.6 Å². The van der Waals surface area contributed by atoms with E-state index in [4.69, 9.17) is 5.73 Å². The SMILES string of the molecule is C[C@@H](N)C1CCC(c2ccnc3ccc(F)cc23)CC1. The molecule has 1 heterocycles. The molecule has 2 aromatic rings. The molecule has 3 heteroatoms. The molecule has 1 saturated carbocycles. The van der Waals surface area contributed by atoms with Gasteiger partial charge < -0.3 is 5.73 Å². The average Bonchev–Trinajstić information content (AvgIpc) is 2.46. The summed E-state index contributed by atoms with van der Waals surface area (Å²) < 4.78 is 13.5. The third-order valence-electron chi connectivity index (χ3n) is 4.69. The normalized spacial score (nSPS) is 24.8. The molecule has 0 amide bonds. The number of nitrogens with zero attached hydrogens (tertiary/aromatic N) is 1. The van der Waals surface area contributed by atoms with E-state index in [1.54, 1.807) is 12.1 Å². The highest BCUT2D eigenvalue weighted by molar-refractivity contribution is 5.82. The Morgan fingerprint density at radius 1 is 1.20 bits per heavy atom. The predicted molar refractivity (Wildman–Crippen MR) is 80.0 cm³/mol. The van der Waals surface area contributed by atoms with Gasteiger partial charge in [-0.25, -0.2) is 4.39 Å². The molecule has 0 saturated heterocycles. The Hall–Kier alpha value is -1.48. The van der Waals surface area contributed by atoms with Crippen LogP contribution in [0, 0.1) is 11.7 Å². The number of hydrogen-bond donors (Lipinski definition) is 1. The molecular weight excluding hydrogens is 251 g/mol. The minimum atomic E-state index is -0.184. The topological polar surface area (TPSA) is 38.9 Å². The van der Waals surface area contributed by atoms with E-state index in [9.17, 15) is 4.39 Å². The minimum Gasteiger partial charge on any atom is -0.328 e. The van der Waals surface area contributed by atoms with Crippen LogP contribution in [0.15, 0.2) is 30.5 Å². The van der Waals surface area contributed by atoms with E-state index in [0.717, 1.165) is 23.7 Å². The van der Waals surface area contributed by atoms with E-state index in [2.05, 4.69) is 18.0 Å². The fourth-order valence-electron chi connectivity index (χ4n) is 3.45. The first-order valence-electron chi connectivity index (χ1n) is 7.45. The monoisotopic (exact) mass is 272 g/mol. The highest BCUT2D eigenvalue weighted by Gasteiger charge is 2.25. The summed E-state index contributed by atoms with van der Waals surface area (Å²) in [6.07, 6.45) is 6.46. The van der Waals surface area contributed by atoms with Gasteiger partial charge in [-0.2, -0.15) is 0 Å². The van der Waals surface area contributed by atoms with Gasteiger partial charge in [0.2, 0.25) is 0 Å². The molecule has 2 N–H and O–H groups in total. The van der Waals surface area contributed by atoms with Crippen molar-refractivity contribution in [3.8, 4) is 0 Å². The number of benzene rings is 1. The zero-order chi connectivity index (χ0) is 14.1. The summed E-state index contributed by atoms with van der Waals surface area (Å²) in [6.45, 7) is 2.10. The maximum Gasteiger partial charge on any atom is 0.123 e. The molecule has 0 unspecified atom stereocenters. The number of rotatable bonds is 2. The second-order valence-electron chi connectivity index (χ2n) is 6.03. The van der Waals surface area contributed by atoms with Crippen LogP contribution in [0.1, 0.15) is 44.1 Å². The van der Waals surface area contributed by atoms with E-state index in [1.165, 1.54) is 24.5 Å². The molecule has 0 bridgehead atoms. The lowest BCUT2D eigenvalue weighted by Gasteiger charge is -2.31. The third kappa shape index (κ3) is 2.55. The van der Waals surface area contributed by atoms with Crippen molar-refractivity contribution in [1.82, 2.24) is 4.98 Å². The van der Waals surface area contributed by atoms with E-state index >= 15 is 0 Å². The Morgan fingerprint density at radius 2 is 1.95 bits per heavy atom. The zero-order valence-corrected chi connectivity index (χ0v) is 11.8. The maximum atomic E-state index is 13.5. The first-order valence-corrected chi connectivity index (χ1v) is 7.45. The molecule has 20 heavy (non-hydrogen) atoms. The van der Waals surface area contributed by atoms with Gasteiger partial charge in [0.1, 0.15) is 5.82 Å². The fourth-order valence-corrected chi connectivity index (χ4v) is 3.45. The number of fused-ring (bicyclic) bond motifs is 1. The van der Waals surface area contributed by atoms with Gasteiger partial charge in [-0.1, -0.05) is 0 Å². The number of halogens is 1. The lowest BCUT2D eigenvalue weighted by Crippen LogP contribution is -2.29. The van der Waals surface area contributed by atoms with Crippen LogP contribution >= 0.6 is 0 Å². The van der Waals surface area contributed by atoms with Crippen molar-refractivity contribution in [1.29, 1.82) is 0 Å². The van der Waals surface area contributed by atoms with Crippen LogP contribution in [-0.2, 0) is 0 Å². The number of hydrogen-bond acceptors (Lipinski definition) is 2. The van der Waals surface area contributed by atoms with Crippen LogP contribution in [0.3, 0.4) is 0 Å². The molecule has 1 aromatic carbocycles. The number of nitrogens with two attached hydrogens (primary N) is 1. The molecule has 0 radical (unpaired) electrons. The first kappa shape index (κ1) is 13.5. The van der Waals surface area contributed by atoms with Crippen LogP contribution < -0.4 is 5.73 Å². The summed E-state index contributed by atoms with van der Waals surface area (Å²) in [5.41, 5.74) is 8.14. The summed E-state index contributed by atoms with van der Waals surface area (Å²) in [6, 6.07) is 7.20. The van der Waals surface area contributed by atoms with Gasteiger partial charge in [-0.3, -0.25) is 4.98 Å². The maximum absolute atomic E-state index is 13.5. The van der Waals surface area contributed by atoms with Crippen molar-refractivity contribution >= 4 is 10.9 Å². The van der Waals surface area contributed by atoms with Crippen molar-refractivity contribution in [2.24, 2.45) is 11.7 Å². The lowest BCUT2D eigenvalue weighted by molar-refractivity contribution is 0.292. The minimum absolute atomic E-state index is 0.184. The molecule has 3 rings (SSSR count). The number of aromatic nitrogens is 1. The number of pyridine rings is 1. The predicted octanol–water partition coefficient (Wildman–Crippen LogP) is 3.99. The lowest BCUT2D eigenvalue weighted by atomic mass is 9.76. The highest BCUT2D eigenvalue weighted by atomic mass is 19.1. The molecule has 0 spiro atoms. The van der Waals surface area contributed by atoms with Crippen molar-refractivity contribution < 1.29 is 4.39 Å². The molecule has 1 aliphatic carbocycles. The molecule has 1 aliphatic rings. The Balaban J connectivity index is 1.90. The van der Waals surface area contributed by atoms with Crippen LogP contribution in [-0.4, -0.2) is 11.0 Å². The Bertz CT molecular complexity index is 601. The van der Waals surface area contributed by atoms with Crippen molar-refractivity contribution in [3.63, 3.8) is 0 Å². The van der Waals surface area contributed by atoms with Gasteiger partial charge in [0.25, 0.3) is 0 Å². The summed E-state index contributed by atoms with van der Waals surface area (Å²) in [5, 5.41) is 0.969. The summed E-state index contributed by atoms with van der Waals surface area (Å²) >= 11 is 0. The van der Waals surface area contributed by atoms with Crippen LogP contribution in [0.5, 0.6) is 0 Å². The molecule has 1 atom stereocenters. The quantitative estimate of drug-likeness (QED) is 0.897. The van der Waals surface area contributed by atoms with E-state index in [1.807, 2.05) is 6.20 Å². The van der Waals surface area contributed by atoms with Crippen molar-refractivity contribution in [2.75, 3.05) is 0 Å². The standard InChI is InChI=1S/C17H21FN2/c1-11(19)12-2-4-13(5-3-12)15-8-9-20-17-7-6-14(18)10-16(15)17/h6-13H,2-5,19H2,1H3/t11-,12?,13?/m1/s1. The average molecular weight is 272 g/mol. The molecule has 2 nitrogen and oxygen atoms in total. The smallest absolute Gasteiger partial charge is 0.123 e. The van der Waals surface area contributed by atoms with Crippen LogP contribution in [0.4, 0.5) is 4.39 Å². The fraction of sp³-hybridized carbons (Fsp3) is 0.471. The van der Waals surface area contributed by atoms with Crippen LogP contribution in [0.25, 0.3) is 10.9 Å². The second-order valence-corrected chi connectivity index (χ2v) is 6.03. The highest BCUT2D eigenvalue weighted by Crippen LogP contribution is 2.39. The first-order chi connectivity index (χ1) is 9.65. The van der Waals surface area contributed by atoms with Gasteiger partial charge in [0.05, 0.1) is 5.52 Å². The van der Waals surface area contributed by atoms with Gasteiger partial charge in [0.15, 0.2) is 0 Å². The largest absolute Gasteiger partial charge is 0.328 e. The molecule has 1 aromatic heterocycles. The Kier molecular flexibility index (Phi) is 3.70. The van der Waals surface area contributed by atoms with E-state index < -0.39 is 0 Å². The summed E-state index contributed by atoms with van der Waals surface area (Å²) in [4.78, 5) is 4.33. The zero-order valence-electron chi connectivity index (χ0n) is 11.8.